The number of carboxylic acids is 1. The van der Waals surface area contributed by atoms with Crippen LogP contribution in [-0.4, -0.2) is 30.3 Å². The van der Waals surface area contributed by atoms with Crippen molar-refractivity contribution in [1.29, 1.82) is 0 Å². The van der Waals surface area contributed by atoms with Gasteiger partial charge in [-0.25, -0.2) is 4.79 Å². The highest BCUT2D eigenvalue weighted by Crippen LogP contribution is 2.39. The second kappa shape index (κ2) is 5.92. The van der Waals surface area contributed by atoms with E-state index in [1.807, 2.05) is 0 Å². The number of rotatable bonds is 5. The smallest absolute Gasteiger partial charge is 0.337 e. The minimum atomic E-state index is -1.07. The summed E-state index contributed by atoms with van der Waals surface area (Å²) in [6.07, 6.45) is 2.66. The molecule has 2 aromatic rings. The van der Waals surface area contributed by atoms with Crippen LogP contribution in [0.15, 0.2) is 36.7 Å². The number of aromatic nitrogens is 1. The van der Waals surface area contributed by atoms with Gasteiger partial charge in [0.15, 0.2) is 11.5 Å². The predicted molar refractivity (Wildman–Crippen MR) is 70.8 cm³/mol. The molecule has 0 amide bonds. The van der Waals surface area contributed by atoms with Gasteiger partial charge in [0.1, 0.15) is 5.75 Å². The van der Waals surface area contributed by atoms with Gasteiger partial charge in [-0.1, -0.05) is 6.07 Å². The highest BCUT2D eigenvalue weighted by Gasteiger charge is 2.13. The van der Waals surface area contributed by atoms with Gasteiger partial charge >= 0.3 is 5.97 Å². The van der Waals surface area contributed by atoms with Gasteiger partial charge < -0.3 is 19.3 Å². The highest BCUT2D eigenvalue weighted by atomic mass is 16.5. The molecule has 0 fully saturated rings. The van der Waals surface area contributed by atoms with Crippen molar-refractivity contribution in [3.05, 3.63) is 42.2 Å². The van der Waals surface area contributed by atoms with Crippen LogP contribution in [0.5, 0.6) is 23.0 Å². The lowest BCUT2D eigenvalue weighted by molar-refractivity contribution is 0.0696. The zero-order chi connectivity index (χ0) is 14.5. The average molecular weight is 275 g/mol. The third-order valence-corrected chi connectivity index (χ3v) is 2.56. The maximum Gasteiger partial charge on any atom is 0.337 e. The van der Waals surface area contributed by atoms with E-state index in [0.29, 0.717) is 17.2 Å². The molecule has 2 rings (SSSR count). The summed E-state index contributed by atoms with van der Waals surface area (Å²) in [4.78, 5) is 14.7. The van der Waals surface area contributed by atoms with E-state index < -0.39 is 5.97 Å². The van der Waals surface area contributed by atoms with E-state index in [1.54, 1.807) is 18.2 Å². The molecule has 1 aromatic heterocycles. The molecule has 6 nitrogen and oxygen atoms in total. The molecule has 1 aromatic carbocycles. The Morgan fingerprint density at radius 3 is 2.35 bits per heavy atom. The standard InChI is InChI=1S/C14H13NO5/c1-18-11-4-3-5-12(19-2)13(11)20-10-6-9(14(16)17)7-15-8-10/h3-8H,1-2H3,(H,16,17). The summed E-state index contributed by atoms with van der Waals surface area (Å²) in [5, 5.41) is 8.93. The fourth-order valence-electron chi connectivity index (χ4n) is 1.63. The number of ether oxygens (including phenoxy) is 3. The average Bonchev–Trinajstić information content (AvgIpc) is 2.47. The Balaban J connectivity index is 2.39. The lowest BCUT2D eigenvalue weighted by atomic mass is 10.2. The molecule has 0 aliphatic heterocycles. The van der Waals surface area contributed by atoms with Crippen molar-refractivity contribution in [3.63, 3.8) is 0 Å². The van der Waals surface area contributed by atoms with Gasteiger partial charge in [0.2, 0.25) is 5.75 Å². The maximum absolute atomic E-state index is 10.9. The Kier molecular flexibility index (Phi) is 4.05. The van der Waals surface area contributed by atoms with Crippen molar-refractivity contribution >= 4 is 5.97 Å². The number of aromatic carboxylic acids is 1. The molecule has 1 N–H and O–H groups in total. The first-order chi connectivity index (χ1) is 9.65. The second-order valence-corrected chi connectivity index (χ2v) is 3.81. The van der Waals surface area contributed by atoms with E-state index in [9.17, 15) is 4.79 Å². The SMILES string of the molecule is COc1cccc(OC)c1Oc1cncc(C(=O)O)c1. The van der Waals surface area contributed by atoms with Crippen molar-refractivity contribution in [2.45, 2.75) is 0 Å². The van der Waals surface area contributed by atoms with Crippen molar-refractivity contribution in [2.75, 3.05) is 14.2 Å². The molecule has 0 aliphatic carbocycles. The third-order valence-electron chi connectivity index (χ3n) is 2.56. The second-order valence-electron chi connectivity index (χ2n) is 3.81. The lowest BCUT2D eigenvalue weighted by Gasteiger charge is -2.13. The molecule has 0 saturated carbocycles. The van der Waals surface area contributed by atoms with Crippen LogP contribution in [0, 0.1) is 0 Å². The van der Waals surface area contributed by atoms with Gasteiger partial charge in [-0.2, -0.15) is 0 Å². The van der Waals surface area contributed by atoms with Crippen LogP contribution in [0.25, 0.3) is 0 Å². The number of carboxylic acid groups (broad SMARTS) is 1. The molecule has 0 bridgehead atoms. The quantitative estimate of drug-likeness (QED) is 0.903. The summed E-state index contributed by atoms with van der Waals surface area (Å²) in [7, 11) is 3.01. The summed E-state index contributed by atoms with van der Waals surface area (Å²) in [5.41, 5.74) is 0.0383. The molecule has 0 aliphatic rings. The van der Waals surface area contributed by atoms with E-state index in [1.165, 1.54) is 32.7 Å². The monoisotopic (exact) mass is 275 g/mol. The van der Waals surface area contributed by atoms with Gasteiger partial charge in [0.25, 0.3) is 0 Å². The topological polar surface area (TPSA) is 77.9 Å². The predicted octanol–water partition coefficient (Wildman–Crippen LogP) is 2.59. The van der Waals surface area contributed by atoms with Crippen LogP contribution in [-0.2, 0) is 0 Å². The van der Waals surface area contributed by atoms with E-state index in [-0.39, 0.29) is 11.3 Å². The number of carbonyl (C=O) groups is 1. The van der Waals surface area contributed by atoms with E-state index in [4.69, 9.17) is 19.3 Å². The number of pyridine rings is 1. The zero-order valence-electron chi connectivity index (χ0n) is 11.0. The minimum Gasteiger partial charge on any atom is -0.493 e. The van der Waals surface area contributed by atoms with E-state index >= 15 is 0 Å². The first-order valence-corrected chi connectivity index (χ1v) is 5.73. The number of para-hydroxylation sites is 1. The number of hydrogen-bond acceptors (Lipinski definition) is 5. The van der Waals surface area contributed by atoms with Gasteiger partial charge in [0, 0.05) is 6.20 Å². The van der Waals surface area contributed by atoms with Crippen molar-refractivity contribution < 1.29 is 24.1 Å². The summed E-state index contributed by atoms with van der Waals surface area (Å²) in [6, 6.07) is 6.57. The summed E-state index contributed by atoms with van der Waals surface area (Å²) in [5.74, 6) is 0.527. The summed E-state index contributed by atoms with van der Waals surface area (Å²) in [6.45, 7) is 0. The van der Waals surface area contributed by atoms with Crippen LogP contribution < -0.4 is 14.2 Å². The molecule has 0 saturated heterocycles. The molecule has 20 heavy (non-hydrogen) atoms. The largest absolute Gasteiger partial charge is 0.493 e. The minimum absolute atomic E-state index is 0.0383. The van der Waals surface area contributed by atoms with Gasteiger partial charge in [0.05, 0.1) is 26.0 Å². The summed E-state index contributed by atoms with van der Waals surface area (Å²) < 4.78 is 16.0. The van der Waals surface area contributed by atoms with E-state index in [2.05, 4.69) is 4.98 Å². The maximum atomic E-state index is 10.9. The third kappa shape index (κ3) is 2.80. The summed E-state index contributed by atoms with van der Waals surface area (Å²) >= 11 is 0. The molecule has 0 atom stereocenters. The normalized spacial score (nSPS) is 9.90. The number of hydrogen-bond donors (Lipinski definition) is 1. The fourth-order valence-corrected chi connectivity index (χ4v) is 1.63. The van der Waals surface area contributed by atoms with Gasteiger partial charge in [-0.3, -0.25) is 4.98 Å². The number of methoxy groups -OCH3 is 2. The number of nitrogens with zero attached hydrogens (tertiary/aromatic N) is 1. The van der Waals surface area contributed by atoms with Gasteiger partial charge in [-0.05, 0) is 18.2 Å². The van der Waals surface area contributed by atoms with Crippen LogP contribution in [0.1, 0.15) is 10.4 Å². The molecular formula is C14H13NO5. The molecule has 1 heterocycles. The Labute approximate surface area is 115 Å². The highest BCUT2D eigenvalue weighted by molar-refractivity contribution is 5.87. The van der Waals surface area contributed by atoms with Crippen molar-refractivity contribution in [3.8, 4) is 23.0 Å². The van der Waals surface area contributed by atoms with Crippen LogP contribution >= 0.6 is 0 Å². The first kappa shape index (κ1) is 13.7. The fraction of sp³-hybridized carbons (Fsp3) is 0.143. The van der Waals surface area contributed by atoms with Crippen LogP contribution in [0.3, 0.4) is 0 Å². The molecule has 6 heteroatoms. The Morgan fingerprint density at radius 2 is 1.80 bits per heavy atom. The van der Waals surface area contributed by atoms with Crippen LogP contribution in [0.4, 0.5) is 0 Å². The van der Waals surface area contributed by atoms with E-state index in [0.717, 1.165) is 0 Å². The molecular weight excluding hydrogens is 262 g/mol. The Bertz CT molecular complexity index is 604. The van der Waals surface area contributed by atoms with Crippen LogP contribution in [0.2, 0.25) is 0 Å². The van der Waals surface area contributed by atoms with Crippen molar-refractivity contribution in [1.82, 2.24) is 4.98 Å². The molecule has 104 valence electrons. The first-order valence-electron chi connectivity index (χ1n) is 5.73. The molecule has 0 radical (unpaired) electrons. The number of benzene rings is 1. The van der Waals surface area contributed by atoms with Gasteiger partial charge in [-0.15, -0.1) is 0 Å². The Hall–Kier alpha value is -2.76. The zero-order valence-corrected chi connectivity index (χ0v) is 11.0. The lowest BCUT2D eigenvalue weighted by Crippen LogP contribution is -1.99. The molecule has 0 unspecified atom stereocenters. The van der Waals surface area contributed by atoms with Crippen molar-refractivity contribution in [2.24, 2.45) is 0 Å². The molecule has 0 spiro atoms. The Morgan fingerprint density at radius 1 is 1.15 bits per heavy atom.